The molecule has 0 aliphatic rings. The summed E-state index contributed by atoms with van der Waals surface area (Å²) in [6.07, 6.45) is 1.25. The van der Waals surface area contributed by atoms with Crippen LogP contribution < -0.4 is 0 Å². The van der Waals surface area contributed by atoms with E-state index in [1.165, 1.54) is 6.21 Å². The van der Waals surface area contributed by atoms with Gasteiger partial charge in [0.15, 0.2) is 0 Å². The van der Waals surface area contributed by atoms with Crippen LogP contribution in [0.3, 0.4) is 0 Å². The van der Waals surface area contributed by atoms with E-state index in [4.69, 9.17) is 5.11 Å². The maximum Gasteiger partial charge on any atom is 0.144 e. The van der Waals surface area contributed by atoms with E-state index < -0.39 is 11.4 Å². The minimum Gasteiger partial charge on any atom is -0.591 e. The zero-order chi connectivity index (χ0) is 8.20. The normalized spacial score (nSPS) is 16.1. The summed E-state index contributed by atoms with van der Waals surface area (Å²) < 4.78 is 14.3. The lowest BCUT2D eigenvalue weighted by atomic mass is 10.3. The zero-order valence-electron chi connectivity index (χ0n) is 6.50. The third-order valence-electron chi connectivity index (χ3n) is 0.776. The van der Waals surface area contributed by atoms with E-state index in [-0.39, 0.29) is 11.4 Å². The van der Waals surface area contributed by atoms with Gasteiger partial charge in [-0.15, -0.1) is 0 Å². The predicted octanol–water partition coefficient (Wildman–Crippen LogP) is 0.512. The van der Waals surface area contributed by atoms with E-state index in [0.29, 0.717) is 0 Å². The zero-order valence-corrected chi connectivity index (χ0v) is 7.31. The molecule has 10 heavy (non-hydrogen) atoms. The van der Waals surface area contributed by atoms with Crippen LogP contribution in [0.2, 0.25) is 0 Å². The van der Waals surface area contributed by atoms with Gasteiger partial charge in [-0.2, -0.15) is 0 Å². The smallest absolute Gasteiger partial charge is 0.144 e. The summed E-state index contributed by atoms with van der Waals surface area (Å²) in [5, 5.41) is 8.30. The van der Waals surface area contributed by atoms with Crippen molar-refractivity contribution in [3.63, 3.8) is 0 Å². The number of aliphatic hydroxyl groups excluding tert-OH is 1. The average molecular weight is 163 g/mol. The Morgan fingerprint density at radius 1 is 1.60 bits per heavy atom. The molecule has 0 amide bonds. The molecule has 0 rings (SSSR count). The molecule has 0 aromatic rings. The summed E-state index contributed by atoms with van der Waals surface area (Å²) >= 11 is -1.23. The Morgan fingerprint density at radius 3 is 2.40 bits per heavy atom. The number of hydrogen-bond donors (Lipinski definition) is 1. The van der Waals surface area contributed by atoms with Gasteiger partial charge >= 0.3 is 0 Å². The lowest BCUT2D eigenvalue weighted by Gasteiger charge is -2.17. The van der Waals surface area contributed by atoms with Crippen molar-refractivity contribution in [3.05, 3.63) is 0 Å². The Labute approximate surface area is 64.5 Å². The lowest BCUT2D eigenvalue weighted by molar-refractivity contribution is 0.362. The molecule has 0 bridgehead atoms. The SMILES string of the molecule is CC(C)(C)[S@+]([O-])/N=C/CO. The van der Waals surface area contributed by atoms with Gasteiger partial charge in [0.05, 0.1) is 12.8 Å². The Hall–Kier alpha value is -0.0600. The predicted molar refractivity (Wildman–Crippen MR) is 43.5 cm³/mol. The highest BCUT2D eigenvalue weighted by molar-refractivity contribution is 7.91. The van der Waals surface area contributed by atoms with Crippen LogP contribution in [0.25, 0.3) is 0 Å². The van der Waals surface area contributed by atoms with Crippen molar-refractivity contribution >= 4 is 17.6 Å². The number of aliphatic hydroxyl groups is 1. The second-order valence-electron chi connectivity index (χ2n) is 2.83. The molecule has 0 fully saturated rings. The second-order valence-corrected chi connectivity index (χ2v) is 4.77. The Kier molecular flexibility index (Phi) is 3.93. The highest BCUT2D eigenvalue weighted by Gasteiger charge is 2.25. The van der Waals surface area contributed by atoms with Gasteiger partial charge in [0, 0.05) is 0 Å². The molecule has 0 aromatic carbocycles. The third-order valence-corrected chi connectivity index (χ3v) is 2.16. The summed E-state index contributed by atoms with van der Waals surface area (Å²) in [5.41, 5.74) is 0. The monoisotopic (exact) mass is 163 g/mol. The van der Waals surface area contributed by atoms with E-state index >= 15 is 0 Å². The number of nitrogens with zero attached hydrogens (tertiary/aromatic N) is 1. The molecule has 0 aromatic heterocycles. The number of rotatable bonds is 2. The van der Waals surface area contributed by atoms with Gasteiger partial charge in [-0.05, 0) is 20.8 Å². The van der Waals surface area contributed by atoms with Crippen LogP contribution in [0.4, 0.5) is 0 Å². The Bertz CT molecular complexity index is 119. The largest absolute Gasteiger partial charge is 0.591 e. The molecule has 1 atom stereocenters. The van der Waals surface area contributed by atoms with E-state index in [1.54, 1.807) is 0 Å². The van der Waals surface area contributed by atoms with Crippen LogP contribution in [0.15, 0.2) is 4.40 Å². The number of hydrogen-bond acceptors (Lipinski definition) is 3. The van der Waals surface area contributed by atoms with Gasteiger partial charge in [0.2, 0.25) is 0 Å². The molecule has 0 spiro atoms. The first-order valence-corrected chi connectivity index (χ1v) is 4.14. The minimum absolute atomic E-state index is 0.151. The van der Waals surface area contributed by atoms with Gasteiger partial charge in [0.25, 0.3) is 0 Å². The van der Waals surface area contributed by atoms with Crippen LogP contribution >= 0.6 is 0 Å². The fourth-order valence-corrected chi connectivity index (χ4v) is 0.777. The molecule has 1 N–H and O–H groups in total. The van der Waals surface area contributed by atoms with Crippen molar-refractivity contribution in [3.8, 4) is 0 Å². The maximum atomic E-state index is 11.0. The summed E-state index contributed by atoms with van der Waals surface area (Å²) in [6, 6.07) is 0. The van der Waals surface area contributed by atoms with Crippen LogP contribution in [-0.2, 0) is 11.4 Å². The summed E-state index contributed by atoms with van der Waals surface area (Å²) in [6.45, 7) is 5.34. The molecule has 0 saturated carbocycles. The summed E-state index contributed by atoms with van der Waals surface area (Å²) in [5.74, 6) is 0. The van der Waals surface area contributed by atoms with Crippen LogP contribution in [0, 0.1) is 0 Å². The first-order valence-electron chi connectivity index (χ1n) is 3.04. The quantitative estimate of drug-likeness (QED) is 0.476. The van der Waals surface area contributed by atoms with Crippen molar-refractivity contribution in [1.82, 2.24) is 0 Å². The molecule has 0 radical (unpaired) electrons. The maximum absolute atomic E-state index is 11.0. The topological polar surface area (TPSA) is 55.7 Å². The fraction of sp³-hybridized carbons (Fsp3) is 0.833. The van der Waals surface area contributed by atoms with E-state index in [2.05, 4.69) is 4.40 Å². The van der Waals surface area contributed by atoms with E-state index in [1.807, 2.05) is 20.8 Å². The summed E-state index contributed by atoms with van der Waals surface area (Å²) in [7, 11) is 0. The summed E-state index contributed by atoms with van der Waals surface area (Å²) in [4.78, 5) is 0. The molecule has 60 valence electrons. The average Bonchev–Trinajstić information content (AvgIpc) is 1.80. The molecule has 0 aliphatic carbocycles. The van der Waals surface area contributed by atoms with Gasteiger partial charge in [0.1, 0.15) is 16.1 Å². The van der Waals surface area contributed by atoms with Crippen LogP contribution in [0.5, 0.6) is 0 Å². The Balaban J connectivity index is 3.84. The third kappa shape index (κ3) is 3.87. The molecule has 4 heteroatoms. The van der Waals surface area contributed by atoms with E-state index in [0.717, 1.165) is 0 Å². The molecular weight excluding hydrogens is 150 g/mol. The molecule has 0 heterocycles. The Morgan fingerprint density at radius 2 is 2.10 bits per heavy atom. The van der Waals surface area contributed by atoms with Gasteiger partial charge in [-0.25, -0.2) is 0 Å². The van der Waals surface area contributed by atoms with Crippen molar-refractivity contribution in [2.75, 3.05) is 6.61 Å². The molecule has 0 aliphatic heterocycles. The molecular formula is C6H13NO2S. The highest BCUT2D eigenvalue weighted by Crippen LogP contribution is 2.15. The first kappa shape index (κ1) is 9.94. The molecule has 0 saturated heterocycles. The van der Waals surface area contributed by atoms with Crippen LogP contribution in [0.1, 0.15) is 20.8 Å². The lowest BCUT2D eigenvalue weighted by Crippen LogP contribution is -2.25. The minimum atomic E-state index is -1.23. The van der Waals surface area contributed by atoms with Crippen molar-refractivity contribution < 1.29 is 9.66 Å². The first-order chi connectivity index (χ1) is 4.48. The standard InChI is InChI=1S/C6H13NO2S/c1-6(2,3)10(9)7-4-5-8/h4,8H,5H2,1-3H3/b7-4+/t10-/m0/s1. The fourth-order valence-electron chi connectivity index (χ4n) is 0.259. The van der Waals surface area contributed by atoms with Crippen molar-refractivity contribution in [2.45, 2.75) is 25.5 Å². The van der Waals surface area contributed by atoms with E-state index in [9.17, 15) is 4.55 Å². The molecule has 0 unspecified atom stereocenters. The second kappa shape index (κ2) is 3.95. The van der Waals surface area contributed by atoms with Crippen molar-refractivity contribution in [1.29, 1.82) is 0 Å². The van der Waals surface area contributed by atoms with Crippen molar-refractivity contribution in [2.24, 2.45) is 4.40 Å². The highest BCUT2D eigenvalue weighted by atomic mass is 32.2. The molecule has 3 nitrogen and oxygen atoms in total. The van der Waals surface area contributed by atoms with Gasteiger partial charge < -0.3 is 9.66 Å². The van der Waals surface area contributed by atoms with Crippen LogP contribution in [-0.4, -0.2) is 27.2 Å². The van der Waals surface area contributed by atoms with Gasteiger partial charge in [-0.3, -0.25) is 0 Å². The van der Waals surface area contributed by atoms with Gasteiger partial charge in [-0.1, -0.05) is 4.40 Å².